The van der Waals surface area contributed by atoms with Crippen LogP contribution in [0.2, 0.25) is 0 Å². The molecule has 1 heterocycles. The molecule has 19 heavy (non-hydrogen) atoms. The summed E-state index contributed by atoms with van der Waals surface area (Å²) in [4.78, 5) is 4.19. The Labute approximate surface area is 132 Å². The van der Waals surface area contributed by atoms with E-state index in [4.69, 9.17) is 5.73 Å². The number of guanidine groups is 1. The van der Waals surface area contributed by atoms with Crippen molar-refractivity contribution in [2.45, 2.75) is 38.1 Å². The average Bonchev–Trinajstić information content (AvgIpc) is 2.89. The van der Waals surface area contributed by atoms with E-state index in [2.05, 4.69) is 10.3 Å². The Morgan fingerprint density at radius 1 is 1.32 bits per heavy atom. The van der Waals surface area contributed by atoms with Gasteiger partial charge >= 0.3 is 0 Å². The molecule has 2 fully saturated rings. The van der Waals surface area contributed by atoms with E-state index in [1.807, 2.05) is 0 Å². The quantitative estimate of drug-likeness (QED) is 0.407. The molecule has 112 valence electrons. The van der Waals surface area contributed by atoms with Gasteiger partial charge in [-0.25, -0.2) is 12.7 Å². The summed E-state index contributed by atoms with van der Waals surface area (Å²) >= 11 is 0. The predicted molar refractivity (Wildman–Crippen MR) is 87.3 cm³/mol. The second-order valence-corrected chi connectivity index (χ2v) is 7.05. The molecule has 2 aliphatic rings. The molecule has 0 radical (unpaired) electrons. The van der Waals surface area contributed by atoms with Gasteiger partial charge in [0.15, 0.2) is 5.96 Å². The molecule has 1 aliphatic carbocycles. The number of halogens is 1. The summed E-state index contributed by atoms with van der Waals surface area (Å²) in [5.41, 5.74) is 5.78. The molecule has 0 aromatic heterocycles. The molecule has 3 N–H and O–H groups in total. The molecule has 0 spiro atoms. The van der Waals surface area contributed by atoms with Crippen molar-refractivity contribution in [2.24, 2.45) is 10.7 Å². The van der Waals surface area contributed by atoms with Crippen molar-refractivity contribution in [1.29, 1.82) is 0 Å². The maximum atomic E-state index is 11.5. The van der Waals surface area contributed by atoms with Crippen molar-refractivity contribution in [1.82, 2.24) is 9.62 Å². The Hall–Kier alpha value is -0.0900. The fraction of sp³-hybridized carbons (Fsp3) is 0.909. The maximum Gasteiger partial charge on any atom is 0.214 e. The summed E-state index contributed by atoms with van der Waals surface area (Å²) in [7, 11) is -3.00. The van der Waals surface area contributed by atoms with Gasteiger partial charge in [0.2, 0.25) is 10.0 Å². The van der Waals surface area contributed by atoms with Crippen LogP contribution in [0.5, 0.6) is 0 Å². The van der Waals surface area contributed by atoms with Crippen molar-refractivity contribution in [3.63, 3.8) is 0 Å². The molecule has 1 saturated heterocycles. The number of hydrogen-bond acceptors (Lipinski definition) is 3. The van der Waals surface area contributed by atoms with Crippen molar-refractivity contribution in [3.8, 4) is 0 Å². The zero-order valence-electron chi connectivity index (χ0n) is 11.0. The summed E-state index contributed by atoms with van der Waals surface area (Å²) in [6.45, 7) is 1.49. The first kappa shape index (κ1) is 17.0. The molecule has 8 heteroatoms. The first-order valence-electron chi connectivity index (χ1n) is 6.62. The van der Waals surface area contributed by atoms with Gasteiger partial charge in [-0.05, 0) is 19.3 Å². The SMILES string of the molecule is I.NC(=NCCN1CCCS1(=O)=O)NC1CCCC1. The number of rotatable bonds is 4. The third-order valence-corrected chi connectivity index (χ3v) is 5.50. The van der Waals surface area contributed by atoms with Crippen molar-refractivity contribution in [3.05, 3.63) is 0 Å². The van der Waals surface area contributed by atoms with Crippen molar-refractivity contribution >= 4 is 40.0 Å². The second-order valence-electron chi connectivity index (χ2n) is 4.96. The summed E-state index contributed by atoms with van der Waals surface area (Å²) in [6, 6.07) is 0.448. The van der Waals surface area contributed by atoms with E-state index in [1.165, 1.54) is 17.1 Å². The number of sulfonamides is 1. The van der Waals surface area contributed by atoms with Crippen LogP contribution < -0.4 is 11.1 Å². The van der Waals surface area contributed by atoms with Gasteiger partial charge in [0.25, 0.3) is 0 Å². The number of nitrogens with zero attached hydrogens (tertiary/aromatic N) is 2. The minimum atomic E-state index is -3.00. The molecular weight excluding hydrogens is 379 g/mol. The number of aliphatic imine (C=N–C) groups is 1. The summed E-state index contributed by atoms with van der Waals surface area (Å²) < 4.78 is 24.6. The Kier molecular flexibility index (Phi) is 6.81. The second kappa shape index (κ2) is 7.63. The molecule has 0 unspecified atom stereocenters. The predicted octanol–water partition coefficient (Wildman–Crippen LogP) is 0.487. The van der Waals surface area contributed by atoms with Crippen molar-refractivity contribution in [2.75, 3.05) is 25.4 Å². The van der Waals surface area contributed by atoms with Crippen LogP contribution in [0.15, 0.2) is 4.99 Å². The Morgan fingerprint density at radius 2 is 2.00 bits per heavy atom. The zero-order valence-corrected chi connectivity index (χ0v) is 14.2. The van der Waals surface area contributed by atoms with E-state index in [0.29, 0.717) is 31.6 Å². The van der Waals surface area contributed by atoms with E-state index in [9.17, 15) is 8.42 Å². The van der Waals surface area contributed by atoms with E-state index in [-0.39, 0.29) is 29.7 Å². The highest BCUT2D eigenvalue weighted by atomic mass is 127. The van der Waals surface area contributed by atoms with Crippen LogP contribution in [-0.4, -0.2) is 50.1 Å². The topological polar surface area (TPSA) is 87.8 Å². The van der Waals surface area contributed by atoms with Crippen molar-refractivity contribution < 1.29 is 8.42 Å². The molecular formula is C11H23IN4O2S. The zero-order chi connectivity index (χ0) is 13.0. The lowest BCUT2D eigenvalue weighted by atomic mass is 10.2. The van der Waals surface area contributed by atoms with E-state index < -0.39 is 10.0 Å². The van der Waals surface area contributed by atoms with Gasteiger partial charge in [0.05, 0.1) is 12.3 Å². The first-order chi connectivity index (χ1) is 8.58. The van der Waals surface area contributed by atoms with Gasteiger partial charge in [0, 0.05) is 19.1 Å². The highest BCUT2D eigenvalue weighted by Crippen LogP contribution is 2.17. The van der Waals surface area contributed by atoms with Crippen LogP contribution in [0.25, 0.3) is 0 Å². The summed E-state index contributed by atoms with van der Waals surface area (Å²) in [5, 5.41) is 3.18. The van der Waals surface area contributed by atoms with Gasteiger partial charge in [-0.1, -0.05) is 12.8 Å². The number of nitrogens with two attached hydrogens (primary N) is 1. The van der Waals surface area contributed by atoms with Crippen LogP contribution in [-0.2, 0) is 10.0 Å². The van der Waals surface area contributed by atoms with E-state index >= 15 is 0 Å². The van der Waals surface area contributed by atoms with Crippen LogP contribution in [0, 0.1) is 0 Å². The Balaban J connectivity index is 0.00000180. The van der Waals surface area contributed by atoms with Gasteiger partial charge < -0.3 is 11.1 Å². The number of hydrogen-bond donors (Lipinski definition) is 2. The van der Waals surface area contributed by atoms with Crippen LogP contribution >= 0.6 is 24.0 Å². The smallest absolute Gasteiger partial charge is 0.214 e. The molecule has 0 aromatic carbocycles. The minimum Gasteiger partial charge on any atom is -0.370 e. The molecule has 2 rings (SSSR count). The van der Waals surface area contributed by atoms with Gasteiger partial charge in [-0.3, -0.25) is 4.99 Å². The fourth-order valence-electron chi connectivity index (χ4n) is 2.55. The Bertz CT molecular complexity index is 407. The fourth-order valence-corrected chi connectivity index (χ4v) is 4.07. The van der Waals surface area contributed by atoms with E-state index in [0.717, 1.165) is 19.3 Å². The molecule has 1 aliphatic heterocycles. The normalized spacial score (nSPS) is 24.3. The maximum absolute atomic E-state index is 11.5. The highest BCUT2D eigenvalue weighted by molar-refractivity contribution is 14.0. The molecule has 0 amide bonds. The molecule has 0 aromatic rings. The van der Waals surface area contributed by atoms with Gasteiger partial charge in [0.1, 0.15) is 0 Å². The lowest BCUT2D eigenvalue weighted by Crippen LogP contribution is -2.39. The standard InChI is InChI=1S/C11H22N4O2S.HI/c12-11(14-10-4-1-2-5-10)13-6-8-15-7-3-9-18(15,16)17;/h10H,1-9H2,(H3,12,13,14);1H. The first-order valence-corrected chi connectivity index (χ1v) is 8.23. The average molecular weight is 402 g/mol. The monoisotopic (exact) mass is 402 g/mol. The van der Waals surface area contributed by atoms with Crippen LogP contribution in [0.1, 0.15) is 32.1 Å². The van der Waals surface area contributed by atoms with E-state index in [1.54, 1.807) is 0 Å². The largest absolute Gasteiger partial charge is 0.370 e. The summed E-state index contributed by atoms with van der Waals surface area (Å²) in [5.74, 6) is 0.713. The highest BCUT2D eigenvalue weighted by Gasteiger charge is 2.27. The third kappa shape index (κ3) is 5.07. The molecule has 6 nitrogen and oxygen atoms in total. The molecule has 0 bridgehead atoms. The lowest BCUT2D eigenvalue weighted by Gasteiger charge is -2.14. The minimum absolute atomic E-state index is 0. The van der Waals surface area contributed by atoms with Gasteiger partial charge in [-0.2, -0.15) is 0 Å². The lowest BCUT2D eigenvalue weighted by molar-refractivity contribution is 0.452. The molecule has 0 atom stereocenters. The third-order valence-electron chi connectivity index (χ3n) is 3.54. The molecule has 1 saturated carbocycles. The van der Waals surface area contributed by atoms with Crippen LogP contribution in [0.3, 0.4) is 0 Å². The van der Waals surface area contributed by atoms with Gasteiger partial charge in [-0.15, -0.1) is 24.0 Å². The number of nitrogens with one attached hydrogen (secondary N) is 1. The van der Waals surface area contributed by atoms with Crippen LogP contribution in [0.4, 0.5) is 0 Å². The Morgan fingerprint density at radius 3 is 2.58 bits per heavy atom. The summed E-state index contributed by atoms with van der Waals surface area (Å²) in [6.07, 6.45) is 5.52.